The molecule has 88 valence electrons. The molecule has 0 aliphatic heterocycles. The monoisotopic (exact) mass is 240 g/mol. The quantitative estimate of drug-likeness (QED) is 0.876. The molecule has 0 fully saturated rings. The molecule has 0 heterocycles. The molecule has 0 unspecified atom stereocenters. The molecule has 0 bridgehead atoms. The standard InChI is InChI=1S/C12H17ClN2O/c1-9(2)15(12(16)7-14)8-10-4-3-5-11(13)6-10/h3-6,9H,7-8,14H2,1-2H3. The van der Waals surface area contributed by atoms with E-state index in [1.165, 1.54) is 0 Å². The van der Waals surface area contributed by atoms with Crippen molar-refractivity contribution in [2.24, 2.45) is 5.73 Å². The van der Waals surface area contributed by atoms with Gasteiger partial charge in [0.1, 0.15) is 0 Å². The van der Waals surface area contributed by atoms with Crippen LogP contribution >= 0.6 is 11.6 Å². The molecular weight excluding hydrogens is 224 g/mol. The van der Waals surface area contributed by atoms with Crippen molar-refractivity contribution >= 4 is 17.5 Å². The van der Waals surface area contributed by atoms with Crippen molar-refractivity contribution in [3.8, 4) is 0 Å². The zero-order chi connectivity index (χ0) is 12.1. The number of carbonyl (C=O) groups is 1. The Hall–Kier alpha value is -1.06. The topological polar surface area (TPSA) is 46.3 Å². The van der Waals surface area contributed by atoms with Crippen LogP contribution in [0.15, 0.2) is 24.3 Å². The van der Waals surface area contributed by atoms with Crippen molar-refractivity contribution in [2.75, 3.05) is 6.54 Å². The summed E-state index contributed by atoms with van der Waals surface area (Å²) in [6.45, 7) is 4.53. The lowest BCUT2D eigenvalue weighted by Crippen LogP contribution is -2.40. The summed E-state index contributed by atoms with van der Waals surface area (Å²) in [5.41, 5.74) is 6.39. The molecule has 0 saturated heterocycles. The zero-order valence-electron chi connectivity index (χ0n) is 9.61. The third-order valence-corrected chi connectivity index (χ3v) is 2.60. The van der Waals surface area contributed by atoms with Gasteiger partial charge in [0.25, 0.3) is 0 Å². The van der Waals surface area contributed by atoms with E-state index in [4.69, 9.17) is 17.3 Å². The molecular formula is C12H17ClN2O. The first-order valence-corrected chi connectivity index (χ1v) is 5.66. The first-order chi connectivity index (χ1) is 7.54. The summed E-state index contributed by atoms with van der Waals surface area (Å²) in [7, 11) is 0. The average molecular weight is 241 g/mol. The fraction of sp³-hybridized carbons (Fsp3) is 0.417. The Balaban J connectivity index is 2.79. The maximum atomic E-state index is 11.6. The van der Waals surface area contributed by atoms with E-state index in [9.17, 15) is 4.79 Å². The van der Waals surface area contributed by atoms with Gasteiger partial charge >= 0.3 is 0 Å². The van der Waals surface area contributed by atoms with E-state index in [1.54, 1.807) is 4.90 Å². The van der Waals surface area contributed by atoms with Gasteiger partial charge in [-0.3, -0.25) is 4.79 Å². The van der Waals surface area contributed by atoms with Crippen molar-refractivity contribution in [1.29, 1.82) is 0 Å². The largest absolute Gasteiger partial charge is 0.335 e. The van der Waals surface area contributed by atoms with E-state index in [0.29, 0.717) is 11.6 Å². The molecule has 1 amide bonds. The highest BCUT2D eigenvalue weighted by atomic mass is 35.5. The van der Waals surface area contributed by atoms with Gasteiger partial charge in [-0.05, 0) is 31.5 Å². The Bertz CT molecular complexity index is 366. The van der Waals surface area contributed by atoms with Crippen molar-refractivity contribution in [2.45, 2.75) is 26.4 Å². The lowest BCUT2D eigenvalue weighted by atomic mass is 10.2. The average Bonchev–Trinajstić information content (AvgIpc) is 2.24. The van der Waals surface area contributed by atoms with E-state index < -0.39 is 0 Å². The lowest BCUT2D eigenvalue weighted by Gasteiger charge is -2.26. The van der Waals surface area contributed by atoms with Crippen molar-refractivity contribution in [1.82, 2.24) is 4.90 Å². The molecule has 0 aromatic heterocycles. The number of nitrogens with zero attached hydrogens (tertiary/aromatic N) is 1. The Morgan fingerprint density at radius 1 is 1.50 bits per heavy atom. The van der Waals surface area contributed by atoms with Crippen LogP contribution in [0.5, 0.6) is 0 Å². The fourth-order valence-electron chi connectivity index (χ4n) is 1.51. The predicted molar refractivity (Wildman–Crippen MR) is 66.2 cm³/mol. The molecule has 0 atom stereocenters. The second-order valence-corrected chi connectivity index (χ2v) is 4.39. The maximum Gasteiger partial charge on any atom is 0.236 e. The van der Waals surface area contributed by atoms with Crippen LogP contribution in [0.2, 0.25) is 5.02 Å². The number of nitrogens with two attached hydrogens (primary N) is 1. The number of benzene rings is 1. The minimum atomic E-state index is -0.0463. The van der Waals surface area contributed by atoms with Crippen LogP contribution in [0, 0.1) is 0 Å². The molecule has 0 radical (unpaired) electrons. The summed E-state index contributed by atoms with van der Waals surface area (Å²) in [6.07, 6.45) is 0. The number of amides is 1. The number of hydrogen-bond acceptors (Lipinski definition) is 2. The van der Waals surface area contributed by atoms with Gasteiger partial charge in [-0.15, -0.1) is 0 Å². The lowest BCUT2D eigenvalue weighted by molar-refractivity contribution is -0.132. The molecule has 4 heteroatoms. The third-order valence-electron chi connectivity index (χ3n) is 2.36. The first-order valence-electron chi connectivity index (χ1n) is 5.28. The van der Waals surface area contributed by atoms with Crippen LogP contribution in [0.4, 0.5) is 0 Å². The molecule has 1 aromatic carbocycles. The molecule has 3 nitrogen and oxygen atoms in total. The van der Waals surface area contributed by atoms with Crippen LogP contribution in [-0.2, 0) is 11.3 Å². The van der Waals surface area contributed by atoms with Crippen molar-refractivity contribution < 1.29 is 4.79 Å². The molecule has 1 aromatic rings. The molecule has 0 aliphatic carbocycles. The third kappa shape index (κ3) is 3.51. The van der Waals surface area contributed by atoms with Gasteiger partial charge in [0, 0.05) is 17.6 Å². The zero-order valence-corrected chi connectivity index (χ0v) is 10.4. The molecule has 0 saturated carbocycles. The normalized spacial score (nSPS) is 10.6. The van der Waals surface area contributed by atoms with Crippen LogP contribution in [0.3, 0.4) is 0 Å². The van der Waals surface area contributed by atoms with Crippen molar-refractivity contribution in [3.63, 3.8) is 0 Å². The van der Waals surface area contributed by atoms with E-state index in [0.717, 1.165) is 5.56 Å². The van der Waals surface area contributed by atoms with Gasteiger partial charge in [0.15, 0.2) is 0 Å². The Labute approximate surface area is 101 Å². The van der Waals surface area contributed by atoms with Gasteiger partial charge in [0.2, 0.25) is 5.91 Å². The maximum absolute atomic E-state index is 11.6. The summed E-state index contributed by atoms with van der Waals surface area (Å²) in [4.78, 5) is 13.4. The minimum Gasteiger partial charge on any atom is -0.335 e. The van der Waals surface area contributed by atoms with Gasteiger partial charge in [-0.25, -0.2) is 0 Å². The second kappa shape index (κ2) is 5.87. The van der Waals surface area contributed by atoms with E-state index in [1.807, 2.05) is 38.1 Å². The van der Waals surface area contributed by atoms with E-state index in [2.05, 4.69) is 0 Å². The summed E-state index contributed by atoms with van der Waals surface area (Å²) in [5.74, 6) is -0.0463. The fourth-order valence-corrected chi connectivity index (χ4v) is 1.72. The van der Waals surface area contributed by atoms with Gasteiger partial charge in [-0.2, -0.15) is 0 Å². The summed E-state index contributed by atoms with van der Waals surface area (Å²) in [6, 6.07) is 7.64. The predicted octanol–water partition coefficient (Wildman–Crippen LogP) is 2.04. The van der Waals surface area contributed by atoms with Gasteiger partial charge in [-0.1, -0.05) is 23.7 Å². The number of halogens is 1. The number of rotatable bonds is 4. The summed E-state index contributed by atoms with van der Waals surface area (Å²) in [5, 5.41) is 0.682. The Morgan fingerprint density at radius 3 is 2.69 bits per heavy atom. The SMILES string of the molecule is CC(C)N(Cc1cccc(Cl)c1)C(=O)CN. The van der Waals surface area contributed by atoms with Crippen LogP contribution in [0.1, 0.15) is 19.4 Å². The first kappa shape index (κ1) is 13.0. The molecule has 16 heavy (non-hydrogen) atoms. The summed E-state index contributed by atoms with van der Waals surface area (Å²) >= 11 is 5.89. The highest BCUT2D eigenvalue weighted by Gasteiger charge is 2.15. The number of carbonyl (C=O) groups excluding carboxylic acids is 1. The van der Waals surface area contributed by atoms with Crippen LogP contribution in [-0.4, -0.2) is 23.4 Å². The van der Waals surface area contributed by atoms with Gasteiger partial charge in [0.05, 0.1) is 6.54 Å². The second-order valence-electron chi connectivity index (χ2n) is 3.95. The molecule has 1 rings (SSSR count). The molecule has 0 aliphatic rings. The Kier molecular flexibility index (Phi) is 4.77. The number of hydrogen-bond donors (Lipinski definition) is 1. The van der Waals surface area contributed by atoms with E-state index in [-0.39, 0.29) is 18.5 Å². The highest BCUT2D eigenvalue weighted by Crippen LogP contribution is 2.14. The summed E-state index contributed by atoms with van der Waals surface area (Å²) < 4.78 is 0. The Morgan fingerprint density at radius 2 is 2.19 bits per heavy atom. The smallest absolute Gasteiger partial charge is 0.236 e. The van der Waals surface area contributed by atoms with Crippen LogP contribution in [0.25, 0.3) is 0 Å². The minimum absolute atomic E-state index is 0.0404. The highest BCUT2D eigenvalue weighted by molar-refractivity contribution is 6.30. The van der Waals surface area contributed by atoms with Crippen LogP contribution < -0.4 is 5.73 Å². The van der Waals surface area contributed by atoms with E-state index >= 15 is 0 Å². The van der Waals surface area contributed by atoms with Crippen molar-refractivity contribution in [3.05, 3.63) is 34.9 Å². The van der Waals surface area contributed by atoms with Gasteiger partial charge < -0.3 is 10.6 Å². The molecule has 0 spiro atoms. The molecule has 2 N–H and O–H groups in total.